The summed E-state index contributed by atoms with van der Waals surface area (Å²) in [6.45, 7) is 4.08. The van der Waals surface area contributed by atoms with Gasteiger partial charge in [0.15, 0.2) is 0 Å². The maximum atomic E-state index is 12.7. The third-order valence-electron chi connectivity index (χ3n) is 4.18. The highest BCUT2D eigenvalue weighted by molar-refractivity contribution is 7.09. The second kappa shape index (κ2) is 7.23. The van der Waals surface area contributed by atoms with Crippen molar-refractivity contribution in [2.75, 3.05) is 20.2 Å². The van der Waals surface area contributed by atoms with E-state index in [0.717, 1.165) is 43.2 Å². The molecule has 3 heterocycles. The fourth-order valence-corrected chi connectivity index (χ4v) is 3.82. The molecule has 2 aromatic rings. The van der Waals surface area contributed by atoms with E-state index in [9.17, 15) is 4.79 Å². The zero-order valence-corrected chi connectivity index (χ0v) is 14.4. The monoisotopic (exact) mass is 334 g/mol. The summed E-state index contributed by atoms with van der Waals surface area (Å²) in [6, 6.07) is 0.308. The van der Waals surface area contributed by atoms with E-state index in [4.69, 9.17) is 4.74 Å². The highest BCUT2D eigenvalue weighted by atomic mass is 32.1. The van der Waals surface area contributed by atoms with Crippen LogP contribution in [0.2, 0.25) is 0 Å². The molecule has 2 aromatic heterocycles. The standard InChI is InChI=1S/C16H22N4O2S/c1-3-14-17-6-8-20(14)12-5-4-7-19(9-12)16(21)13-11-23-15(18-13)10-22-2/h6,8,11-12H,3-5,7,9-10H2,1-2H3/t12-/m1/s1. The topological polar surface area (TPSA) is 60.2 Å². The number of imidazole rings is 1. The van der Waals surface area contributed by atoms with Crippen LogP contribution in [0.1, 0.15) is 47.1 Å². The van der Waals surface area contributed by atoms with E-state index in [1.165, 1.54) is 11.3 Å². The molecule has 3 rings (SSSR count). The van der Waals surface area contributed by atoms with Crippen molar-refractivity contribution in [1.82, 2.24) is 19.4 Å². The van der Waals surface area contributed by atoms with Crippen molar-refractivity contribution in [1.29, 1.82) is 0 Å². The van der Waals surface area contributed by atoms with E-state index in [0.29, 0.717) is 18.3 Å². The minimum Gasteiger partial charge on any atom is -0.378 e. The van der Waals surface area contributed by atoms with E-state index in [2.05, 4.69) is 21.5 Å². The van der Waals surface area contributed by atoms with Crippen LogP contribution >= 0.6 is 11.3 Å². The minimum atomic E-state index is 0.0199. The molecule has 0 saturated carbocycles. The lowest BCUT2D eigenvalue weighted by atomic mass is 10.0. The lowest BCUT2D eigenvalue weighted by molar-refractivity contribution is 0.0672. The van der Waals surface area contributed by atoms with Gasteiger partial charge in [0.05, 0.1) is 12.6 Å². The number of amides is 1. The van der Waals surface area contributed by atoms with Gasteiger partial charge in [-0.25, -0.2) is 9.97 Å². The zero-order chi connectivity index (χ0) is 16.2. The Hall–Kier alpha value is -1.73. The summed E-state index contributed by atoms with van der Waals surface area (Å²) in [5.74, 6) is 1.10. The Labute approximate surface area is 140 Å². The summed E-state index contributed by atoms with van der Waals surface area (Å²) >= 11 is 1.47. The first kappa shape index (κ1) is 16.1. The first-order valence-electron chi connectivity index (χ1n) is 7.97. The number of likely N-dealkylation sites (tertiary alicyclic amines) is 1. The molecule has 0 bridgehead atoms. The van der Waals surface area contributed by atoms with Gasteiger partial charge in [-0.1, -0.05) is 6.92 Å². The van der Waals surface area contributed by atoms with Crippen molar-refractivity contribution in [2.24, 2.45) is 0 Å². The molecule has 0 spiro atoms. The van der Waals surface area contributed by atoms with Gasteiger partial charge in [0.1, 0.15) is 16.5 Å². The van der Waals surface area contributed by atoms with Crippen LogP contribution in [0.15, 0.2) is 17.8 Å². The number of carbonyl (C=O) groups excluding carboxylic acids is 1. The van der Waals surface area contributed by atoms with Crippen LogP contribution in [0.3, 0.4) is 0 Å². The predicted molar refractivity (Wildman–Crippen MR) is 88.6 cm³/mol. The van der Waals surface area contributed by atoms with Crippen molar-refractivity contribution in [3.63, 3.8) is 0 Å². The highest BCUT2D eigenvalue weighted by Crippen LogP contribution is 2.24. The molecule has 0 N–H and O–H groups in total. The van der Waals surface area contributed by atoms with Gasteiger partial charge in [-0.15, -0.1) is 11.3 Å². The molecule has 0 unspecified atom stereocenters. The highest BCUT2D eigenvalue weighted by Gasteiger charge is 2.27. The summed E-state index contributed by atoms with van der Waals surface area (Å²) in [7, 11) is 1.63. The summed E-state index contributed by atoms with van der Waals surface area (Å²) in [4.78, 5) is 23.4. The molecule has 23 heavy (non-hydrogen) atoms. The molecule has 6 nitrogen and oxygen atoms in total. The molecular formula is C16H22N4O2S. The zero-order valence-electron chi connectivity index (χ0n) is 13.6. The molecule has 0 aliphatic carbocycles. The van der Waals surface area contributed by atoms with Crippen molar-refractivity contribution in [3.05, 3.63) is 34.3 Å². The number of aromatic nitrogens is 3. The number of aryl methyl sites for hydroxylation is 1. The molecule has 124 valence electrons. The second-order valence-corrected chi connectivity index (χ2v) is 6.65. The van der Waals surface area contributed by atoms with Gasteiger partial charge in [-0.3, -0.25) is 4.79 Å². The van der Waals surface area contributed by atoms with Crippen molar-refractivity contribution >= 4 is 17.2 Å². The third kappa shape index (κ3) is 3.45. The van der Waals surface area contributed by atoms with Gasteiger partial charge < -0.3 is 14.2 Å². The van der Waals surface area contributed by atoms with Gasteiger partial charge in [-0.05, 0) is 12.8 Å². The van der Waals surface area contributed by atoms with E-state index < -0.39 is 0 Å². The number of methoxy groups -OCH3 is 1. The first-order chi connectivity index (χ1) is 11.2. The molecular weight excluding hydrogens is 312 g/mol. The van der Waals surface area contributed by atoms with E-state index in [1.807, 2.05) is 22.7 Å². The number of hydrogen-bond donors (Lipinski definition) is 0. The number of carbonyl (C=O) groups is 1. The molecule has 1 fully saturated rings. The number of rotatable bonds is 5. The summed E-state index contributed by atoms with van der Waals surface area (Å²) < 4.78 is 7.29. The molecule has 0 aromatic carbocycles. The molecule has 1 aliphatic heterocycles. The minimum absolute atomic E-state index is 0.0199. The molecule has 7 heteroatoms. The Balaban J connectivity index is 1.71. The van der Waals surface area contributed by atoms with Gasteiger partial charge in [-0.2, -0.15) is 0 Å². The summed E-state index contributed by atoms with van der Waals surface area (Å²) in [5.41, 5.74) is 0.532. The number of nitrogens with zero attached hydrogens (tertiary/aromatic N) is 4. The van der Waals surface area contributed by atoms with Crippen molar-refractivity contribution in [2.45, 2.75) is 38.8 Å². The number of piperidine rings is 1. The Kier molecular flexibility index (Phi) is 5.07. The van der Waals surface area contributed by atoms with Crippen molar-refractivity contribution in [3.8, 4) is 0 Å². The van der Waals surface area contributed by atoms with Gasteiger partial charge in [0.25, 0.3) is 5.91 Å². The Bertz CT molecular complexity index is 667. The maximum Gasteiger partial charge on any atom is 0.273 e. The summed E-state index contributed by atoms with van der Waals surface area (Å²) in [5, 5.41) is 2.67. The van der Waals surface area contributed by atoms with Crippen LogP contribution < -0.4 is 0 Å². The van der Waals surface area contributed by atoms with E-state index >= 15 is 0 Å². The third-order valence-corrected chi connectivity index (χ3v) is 5.00. The van der Waals surface area contributed by atoms with Crippen LogP contribution in [0.25, 0.3) is 0 Å². The second-order valence-electron chi connectivity index (χ2n) is 5.71. The van der Waals surface area contributed by atoms with Crippen molar-refractivity contribution < 1.29 is 9.53 Å². The Morgan fingerprint density at radius 3 is 3.17 bits per heavy atom. The number of ether oxygens (including phenoxy) is 1. The van der Waals surface area contributed by atoms with Gasteiger partial charge in [0.2, 0.25) is 0 Å². The lowest BCUT2D eigenvalue weighted by Gasteiger charge is -2.33. The quantitative estimate of drug-likeness (QED) is 0.843. The Morgan fingerprint density at radius 1 is 1.52 bits per heavy atom. The van der Waals surface area contributed by atoms with E-state index in [-0.39, 0.29) is 5.91 Å². The molecule has 0 radical (unpaired) electrons. The largest absolute Gasteiger partial charge is 0.378 e. The smallest absolute Gasteiger partial charge is 0.273 e. The molecule has 1 aliphatic rings. The summed E-state index contributed by atoms with van der Waals surface area (Å²) in [6.07, 6.45) is 6.86. The lowest BCUT2D eigenvalue weighted by Crippen LogP contribution is -2.41. The fourth-order valence-electron chi connectivity index (χ4n) is 3.08. The van der Waals surface area contributed by atoms with Crippen LogP contribution in [0.4, 0.5) is 0 Å². The number of thiazole rings is 1. The fraction of sp³-hybridized carbons (Fsp3) is 0.562. The van der Waals surface area contributed by atoms with Crippen LogP contribution in [-0.2, 0) is 17.8 Å². The van der Waals surface area contributed by atoms with Crippen LogP contribution in [0, 0.1) is 0 Å². The van der Waals surface area contributed by atoms with Gasteiger partial charge in [0, 0.05) is 44.4 Å². The van der Waals surface area contributed by atoms with Crippen LogP contribution in [-0.4, -0.2) is 45.5 Å². The maximum absolute atomic E-state index is 12.7. The van der Waals surface area contributed by atoms with Crippen LogP contribution in [0.5, 0.6) is 0 Å². The van der Waals surface area contributed by atoms with Gasteiger partial charge >= 0.3 is 0 Å². The SMILES string of the molecule is CCc1nccn1[C@@H]1CCCN(C(=O)c2csc(COC)n2)C1. The molecule has 1 amide bonds. The predicted octanol–water partition coefficient (Wildman–Crippen LogP) is 2.53. The first-order valence-corrected chi connectivity index (χ1v) is 8.85. The molecule has 1 atom stereocenters. The number of hydrogen-bond acceptors (Lipinski definition) is 5. The Morgan fingerprint density at radius 2 is 2.39 bits per heavy atom. The average molecular weight is 334 g/mol. The van der Waals surface area contributed by atoms with E-state index in [1.54, 1.807) is 7.11 Å². The normalized spacial score (nSPS) is 18.3. The molecule has 1 saturated heterocycles. The average Bonchev–Trinajstić information content (AvgIpc) is 3.23.